The van der Waals surface area contributed by atoms with Crippen LogP contribution in [0.1, 0.15) is 44.6 Å². The number of benzene rings is 1. The molecule has 0 bridgehead atoms. The van der Waals surface area contributed by atoms with Gasteiger partial charge in [0.15, 0.2) is 11.6 Å². The van der Waals surface area contributed by atoms with Crippen LogP contribution in [0.5, 0.6) is 0 Å². The highest BCUT2D eigenvalue weighted by atomic mass is 19.2. The Bertz CT molecular complexity index is 405. The molecule has 2 atom stereocenters. The molecular weight excluding hydrogens is 222 g/mol. The topological polar surface area (TPSA) is 20.2 Å². The van der Waals surface area contributed by atoms with Crippen molar-refractivity contribution in [3.63, 3.8) is 0 Å². The molecule has 1 aliphatic rings. The molecule has 0 aromatic heterocycles. The third kappa shape index (κ3) is 2.21. The lowest BCUT2D eigenvalue weighted by atomic mass is 9.70. The molecule has 94 valence electrons. The van der Waals surface area contributed by atoms with E-state index in [9.17, 15) is 13.9 Å². The Balaban J connectivity index is 2.37. The van der Waals surface area contributed by atoms with Crippen molar-refractivity contribution in [2.24, 2.45) is 5.92 Å². The van der Waals surface area contributed by atoms with Crippen LogP contribution in [-0.4, -0.2) is 5.11 Å². The minimum absolute atomic E-state index is 0.140. The maximum absolute atomic E-state index is 13.2. The Morgan fingerprint density at radius 1 is 1.29 bits per heavy atom. The molecule has 1 nitrogen and oxygen atoms in total. The summed E-state index contributed by atoms with van der Waals surface area (Å²) in [6, 6.07) is 3.75. The summed E-state index contributed by atoms with van der Waals surface area (Å²) in [7, 11) is 0. The first kappa shape index (κ1) is 12.5. The summed E-state index contributed by atoms with van der Waals surface area (Å²) in [5.41, 5.74) is -0.468. The molecule has 1 aromatic carbocycles. The van der Waals surface area contributed by atoms with E-state index < -0.39 is 17.2 Å². The maximum atomic E-state index is 13.2. The van der Waals surface area contributed by atoms with Crippen LogP contribution in [0.2, 0.25) is 0 Å². The number of rotatable bonds is 2. The quantitative estimate of drug-likeness (QED) is 0.834. The largest absolute Gasteiger partial charge is 0.385 e. The van der Waals surface area contributed by atoms with Crippen LogP contribution in [0.4, 0.5) is 8.78 Å². The molecule has 1 fully saturated rings. The van der Waals surface area contributed by atoms with E-state index in [1.54, 1.807) is 0 Å². The fourth-order valence-electron chi connectivity index (χ4n) is 2.92. The van der Waals surface area contributed by atoms with E-state index in [4.69, 9.17) is 0 Å². The summed E-state index contributed by atoms with van der Waals surface area (Å²) in [5.74, 6) is -1.60. The molecular formula is C14H18F2O. The fraction of sp³-hybridized carbons (Fsp3) is 0.571. The van der Waals surface area contributed by atoms with Crippen molar-refractivity contribution in [3.05, 3.63) is 35.4 Å². The minimum atomic E-state index is -0.985. The van der Waals surface area contributed by atoms with Crippen molar-refractivity contribution in [1.29, 1.82) is 0 Å². The first-order chi connectivity index (χ1) is 8.08. The Labute approximate surface area is 100 Å². The van der Waals surface area contributed by atoms with Crippen LogP contribution >= 0.6 is 0 Å². The van der Waals surface area contributed by atoms with E-state index in [-0.39, 0.29) is 5.92 Å². The fourth-order valence-corrected chi connectivity index (χ4v) is 2.92. The molecule has 0 saturated heterocycles. The van der Waals surface area contributed by atoms with Crippen molar-refractivity contribution in [3.8, 4) is 0 Å². The van der Waals surface area contributed by atoms with Gasteiger partial charge in [0.1, 0.15) is 0 Å². The highest BCUT2D eigenvalue weighted by Crippen LogP contribution is 2.43. The molecule has 0 amide bonds. The molecule has 1 saturated carbocycles. The number of hydrogen-bond donors (Lipinski definition) is 1. The lowest BCUT2D eigenvalue weighted by Crippen LogP contribution is -2.37. The molecule has 1 N–H and O–H groups in total. The summed E-state index contributed by atoms with van der Waals surface area (Å²) in [6.07, 6.45) is 4.48. The second kappa shape index (κ2) is 4.73. The maximum Gasteiger partial charge on any atom is 0.159 e. The van der Waals surface area contributed by atoms with Gasteiger partial charge in [0.2, 0.25) is 0 Å². The lowest BCUT2D eigenvalue weighted by molar-refractivity contribution is -0.0560. The Kier molecular flexibility index (Phi) is 3.48. The predicted molar refractivity (Wildman–Crippen MR) is 62.5 cm³/mol. The van der Waals surface area contributed by atoms with Crippen LogP contribution in [-0.2, 0) is 5.60 Å². The molecule has 3 heteroatoms. The van der Waals surface area contributed by atoms with Crippen molar-refractivity contribution in [1.82, 2.24) is 0 Å². The second-order valence-electron chi connectivity index (χ2n) is 4.90. The molecule has 1 aliphatic carbocycles. The summed E-state index contributed by atoms with van der Waals surface area (Å²) >= 11 is 0. The number of hydrogen-bond acceptors (Lipinski definition) is 1. The van der Waals surface area contributed by atoms with Gasteiger partial charge in [0.25, 0.3) is 0 Å². The summed E-state index contributed by atoms with van der Waals surface area (Å²) < 4.78 is 26.2. The van der Waals surface area contributed by atoms with Gasteiger partial charge in [-0.3, -0.25) is 0 Å². The molecule has 0 radical (unpaired) electrons. The van der Waals surface area contributed by atoms with E-state index in [1.807, 2.05) is 6.92 Å². The first-order valence-corrected chi connectivity index (χ1v) is 6.26. The van der Waals surface area contributed by atoms with Gasteiger partial charge in [0, 0.05) is 0 Å². The van der Waals surface area contributed by atoms with E-state index in [2.05, 4.69) is 0 Å². The van der Waals surface area contributed by atoms with Gasteiger partial charge in [0.05, 0.1) is 5.60 Å². The van der Waals surface area contributed by atoms with Gasteiger partial charge in [-0.05, 0) is 36.5 Å². The SMILES string of the molecule is CCC1CCCCC1(O)c1ccc(F)c(F)c1. The Hall–Kier alpha value is -0.960. The van der Waals surface area contributed by atoms with Crippen molar-refractivity contribution < 1.29 is 13.9 Å². The van der Waals surface area contributed by atoms with Gasteiger partial charge < -0.3 is 5.11 Å². The lowest BCUT2D eigenvalue weighted by Gasteiger charge is -2.40. The van der Waals surface area contributed by atoms with Crippen molar-refractivity contribution >= 4 is 0 Å². The normalized spacial score (nSPS) is 29.3. The molecule has 0 aliphatic heterocycles. The van der Waals surface area contributed by atoms with Crippen LogP contribution in [0.25, 0.3) is 0 Å². The monoisotopic (exact) mass is 240 g/mol. The predicted octanol–water partition coefficient (Wildman–Crippen LogP) is 3.75. The Morgan fingerprint density at radius 3 is 2.71 bits per heavy atom. The molecule has 1 aromatic rings. The van der Waals surface area contributed by atoms with Crippen molar-refractivity contribution in [2.45, 2.75) is 44.6 Å². The molecule has 17 heavy (non-hydrogen) atoms. The van der Waals surface area contributed by atoms with Crippen LogP contribution in [0.3, 0.4) is 0 Å². The van der Waals surface area contributed by atoms with Crippen molar-refractivity contribution in [2.75, 3.05) is 0 Å². The molecule has 2 unspecified atom stereocenters. The standard InChI is InChI=1S/C14H18F2O/c1-2-10-5-3-4-8-14(10,17)11-6-7-12(15)13(16)9-11/h6-7,9-10,17H,2-5,8H2,1H3. The summed E-state index contributed by atoms with van der Waals surface area (Å²) in [4.78, 5) is 0. The first-order valence-electron chi connectivity index (χ1n) is 6.26. The molecule has 2 rings (SSSR count). The highest BCUT2D eigenvalue weighted by molar-refractivity contribution is 5.25. The number of halogens is 2. The average Bonchev–Trinajstić information content (AvgIpc) is 2.33. The minimum Gasteiger partial charge on any atom is -0.385 e. The zero-order valence-electron chi connectivity index (χ0n) is 10.0. The number of aliphatic hydroxyl groups is 1. The zero-order valence-corrected chi connectivity index (χ0v) is 10.0. The van der Waals surface area contributed by atoms with E-state index in [0.717, 1.165) is 37.8 Å². The van der Waals surface area contributed by atoms with E-state index >= 15 is 0 Å². The van der Waals surface area contributed by atoms with Gasteiger partial charge in [-0.1, -0.05) is 32.3 Å². The van der Waals surface area contributed by atoms with Crippen LogP contribution in [0.15, 0.2) is 18.2 Å². The third-order valence-electron chi connectivity index (χ3n) is 3.95. The van der Waals surface area contributed by atoms with Crippen LogP contribution in [0, 0.1) is 17.6 Å². The summed E-state index contributed by atoms with van der Waals surface area (Å²) in [5, 5.41) is 10.7. The van der Waals surface area contributed by atoms with Gasteiger partial charge in [-0.25, -0.2) is 8.78 Å². The molecule has 0 heterocycles. The third-order valence-corrected chi connectivity index (χ3v) is 3.95. The van der Waals surface area contributed by atoms with Gasteiger partial charge >= 0.3 is 0 Å². The molecule has 0 spiro atoms. The van der Waals surface area contributed by atoms with Gasteiger partial charge in [-0.15, -0.1) is 0 Å². The van der Waals surface area contributed by atoms with Crippen LogP contribution < -0.4 is 0 Å². The van der Waals surface area contributed by atoms with E-state index in [0.29, 0.717) is 12.0 Å². The Morgan fingerprint density at radius 2 is 2.06 bits per heavy atom. The smallest absolute Gasteiger partial charge is 0.159 e. The summed E-state index contributed by atoms with van der Waals surface area (Å²) in [6.45, 7) is 2.03. The zero-order chi connectivity index (χ0) is 12.5. The average molecular weight is 240 g/mol. The second-order valence-corrected chi connectivity index (χ2v) is 4.90. The van der Waals surface area contributed by atoms with E-state index in [1.165, 1.54) is 6.07 Å². The highest BCUT2D eigenvalue weighted by Gasteiger charge is 2.39. The van der Waals surface area contributed by atoms with Gasteiger partial charge in [-0.2, -0.15) is 0 Å².